The van der Waals surface area contributed by atoms with E-state index < -0.39 is 0 Å². The lowest BCUT2D eigenvalue weighted by atomic mass is 9.92. The Kier molecular flexibility index (Phi) is 4.53. The van der Waals surface area contributed by atoms with E-state index >= 15 is 0 Å². The smallest absolute Gasteiger partial charge is 0.135 e. The van der Waals surface area contributed by atoms with Gasteiger partial charge in [0.2, 0.25) is 0 Å². The largest absolute Gasteiger partial charge is 0.493 e. The Morgan fingerprint density at radius 3 is 2.74 bits per heavy atom. The van der Waals surface area contributed by atoms with Gasteiger partial charge < -0.3 is 14.4 Å². The van der Waals surface area contributed by atoms with Crippen molar-refractivity contribution in [2.24, 2.45) is 5.92 Å². The molecule has 1 aliphatic heterocycles. The van der Waals surface area contributed by atoms with Crippen molar-refractivity contribution < 1.29 is 13.9 Å². The molecule has 0 bridgehead atoms. The third-order valence-corrected chi connectivity index (χ3v) is 4.11. The predicted octanol–water partition coefficient (Wildman–Crippen LogP) is 3.82. The lowest BCUT2D eigenvalue weighted by Crippen LogP contribution is -2.36. The fourth-order valence-electron chi connectivity index (χ4n) is 3.01. The second-order valence-electron chi connectivity index (χ2n) is 6.32. The molecule has 0 spiro atoms. The first-order valence-electron chi connectivity index (χ1n) is 7.84. The highest BCUT2D eigenvalue weighted by molar-refractivity contribution is 5.40. The number of hydrogen-bond acceptors (Lipinski definition) is 3. The summed E-state index contributed by atoms with van der Waals surface area (Å²) in [6.45, 7) is 3.39. The van der Waals surface area contributed by atoms with Gasteiger partial charge in [0.1, 0.15) is 23.4 Å². The highest BCUT2D eigenvalue weighted by atomic mass is 19.1. The third-order valence-electron chi connectivity index (χ3n) is 4.11. The lowest BCUT2D eigenvalue weighted by Gasteiger charge is -2.35. The van der Waals surface area contributed by atoms with E-state index in [0.717, 1.165) is 23.4 Å². The van der Waals surface area contributed by atoms with Crippen LogP contribution in [0, 0.1) is 18.7 Å². The highest BCUT2D eigenvalue weighted by Crippen LogP contribution is 2.39. The zero-order valence-electron chi connectivity index (χ0n) is 13.8. The minimum atomic E-state index is -0.267. The summed E-state index contributed by atoms with van der Waals surface area (Å²) >= 11 is 0. The molecule has 0 N–H and O–H groups in total. The molecule has 2 aromatic rings. The zero-order chi connectivity index (χ0) is 16.4. The van der Waals surface area contributed by atoms with Gasteiger partial charge in [-0.25, -0.2) is 4.39 Å². The molecule has 4 heteroatoms. The monoisotopic (exact) mass is 315 g/mol. The number of halogens is 1. The summed E-state index contributed by atoms with van der Waals surface area (Å²) in [5.74, 6) is 1.41. The first-order valence-corrected chi connectivity index (χ1v) is 7.84. The first-order chi connectivity index (χ1) is 11.0. The molecular formula is C19H22FNO2. The molecule has 122 valence electrons. The number of benzene rings is 2. The first kappa shape index (κ1) is 15.8. The van der Waals surface area contributed by atoms with E-state index in [4.69, 9.17) is 9.47 Å². The van der Waals surface area contributed by atoms with E-state index in [1.54, 1.807) is 6.07 Å². The quantitative estimate of drug-likeness (QED) is 0.856. The van der Waals surface area contributed by atoms with Crippen LogP contribution in [-0.4, -0.2) is 32.1 Å². The highest BCUT2D eigenvalue weighted by Gasteiger charge is 2.33. The molecule has 2 aromatic carbocycles. The van der Waals surface area contributed by atoms with Crippen LogP contribution in [-0.2, 0) is 0 Å². The van der Waals surface area contributed by atoms with Gasteiger partial charge >= 0.3 is 0 Å². The van der Waals surface area contributed by atoms with Gasteiger partial charge in [-0.15, -0.1) is 0 Å². The normalized spacial score (nSPS) is 20.0. The van der Waals surface area contributed by atoms with Crippen molar-refractivity contribution >= 4 is 0 Å². The van der Waals surface area contributed by atoms with E-state index in [2.05, 4.69) is 4.90 Å². The SMILES string of the molecule is Cc1ccccc1O[C@@H]1c2cc(F)ccc2OC[C@H]1CN(C)C. The summed E-state index contributed by atoms with van der Waals surface area (Å²) in [7, 11) is 4.04. The van der Waals surface area contributed by atoms with Crippen LogP contribution in [0.25, 0.3) is 0 Å². The van der Waals surface area contributed by atoms with Gasteiger partial charge in [0.25, 0.3) is 0 Å². The molecule has 0 unspecified atom stereocenters. The van der Waals surface area contributed by atoms with Gasteiger partial charge in [0.05, 0.1) is 6.61 Å². The van der Waals surface area contributed by atoms with Crippen LogP contribution in [0.2, 0.25) is 0 Å². The minimum Gasteiger partial charge on any atom is -0.493 e. The standard InChI is InChI=1S/C19H22FNO2/c1-13-6-4-5-7-17(13)23-19-14(11-21(2)3)12-22-18-9-8-15(20)10-16(18)19/h4-10,14,19H,11-12H2,1-3H3/t14-,19+/m1/s1. The number of ether oxygens (including phenoxy) is 2. The van der Waals surface area contributed by atoms with Gasteiger partial charge in [-0.2, -0.15) is 0 Å². The molecule has 3 nitrogen and oxygen atoms in total. The van der Waals surface area contributed by atoms with Gasteiger partial charge in [-0.1, -0.05) is 18.2 Å². The molecule has 3 rings (SSSR count). The number of hydrogen-bond donors (Lipinski definition) is 0. The maximum Gasteiger partial charge on any atom is 0.135 e. The van der Waals surface area contributed by atoms with Gasteiger partial charge in [0, 0.05) is 18.0 Å². The third kappa shape index (κ3) is 3.48. The Balaban J connectivity index is 1.97. The van der Waals surface area contributed by atoms with Gasteiger partial charge in [-0.05, 0) is 50.8 Å². The molecule has 1 heterocycles. The maximum atomic E-state index is 13.8. The number of fused-ring (bicyclic) bond motifs is 1. The van der Waals surface area contributed by atoms with E-state index in [1.807, 2.05) is 45.3 Å². The van der Waals surface area contributed by atoms with Crippen LogP contribution >= 0.6 is 0 Å². The topological polar surface area (TPSA) is 21.7 Å². The van der Waals surface area contributed by atoms with E-state index in [9.17, 15) is 4.39 Å². The van der Waals surface area contributed by atoms with Crippen LogP contribution in [0.5, 0.6) is 11.5 Å². The van der Waals surface area contributed by atoms with Crippen molar-refractivity contribution in [1.29, 1.82) is 0 Å². The summed E-state index contributed by atoms with van der Waals surface area (Å²) < 4.78 is 25.9. The molecule has 1 aliphatic rings. The van der Waals surface area contributed by atoms with E-state index in [1.165, 1.54) is 12.1 Å². The molecule has 0 aromatic heterocycles. The molecule has 0 saturated carbocycles. The fourth-order valence-corrected chi connectivity index (χ4v) is 3.01. The van der Waals surface area contributed by atoms with Crippen molar-refractivity contribution in [3.63, 3.8) is 0 Å². The van der Waals surface area contributed by atoms with Gasteiger partial charge in [0.15, 0.2) is 0 Å². The van der Waals surface area contributed by atoms with Crippen molar-refractivity contribution in [2.45, 2.75) is 13.0 Å². The molecular weight excluding hydrogens is 293 g/mol. The zero-order valence-corrected chi connectivity index (χ0v) is 13.8. The molecule has 23 heavy (non-hydrogen) atoms. The van der Waals surface area contributed by atoms with Crippen LogP contribution in [0.4, 0.5) is 4.39 Å². The number of nitrogens with zero attached hydrogens (tertiary/aromatic N) is 1. The second-order valence-corrected chi connectivity index (χ2v) is 6.32. The summed E-state index contributed by atoms with van der Waals surface area (Å²) in [5, 5.41) is 0. The molecule has 0 radical (unpaired) electrons. The average Bonchev–Trinajstić information content (AvgIpc) is 2.51. The molecule has 0 aliphatic carbocycles. The van der Waals surface area contributed by atoms with Crippen molar-refractivity contribution in [3.8, 4) is 11.5 Å². The average molecular weight is 315 g/mol. The molecule has 0 saturated heterocycles. The fraction of sp³-hybridized carbons (Fsp3) is 0.368. The molecule has 2 atom stereocenters. The van der Waals surface area contributed by atoms with Gasteiger partial charge in [-0.3, -0.25) is 0 Å². The number of aryl methyl sites for hydroxylation is 1. The Hall–Kier alpha value is -2.07. The Bertz CT molecular complexity index is 687. The summed E-state index contributed by atoms with van der Waals surface area (Å²) in [6, 6.07) is 12.5. The number of para-hydroxylation sites is 1. The summed E-state index contributed by atoms with van der Waals surface area (Å²) in [6.07, 6.45) is -0.224. The molecule has 0 fully saturated rings. The predicted molar refractivity (Wildman–Crippen MR) is 88.5 cm³/mol. The van der Waals surface area contributed by atoms with Crippen LogP contribution < -0.4 is 9.47 Å². The Morgan fingerprint density at radius 1 is 1.22 bits per heavy atom. The van der Waals surface area contributed by atoms with E-state index in [-0.39, 0.29) is 17.8 Å². The number of rotatable bonds is 4. The van der Waals surface area contributed by atoms with Crippen LogP contribution in [0.3, 0.4) is 0 Å². The minimum absolute atomic E-state index is 0.138. The summed E-state index contributed by atoms with van der Waals surface area (Å²) in [5.41, 5.74) is 1.85. The van der Waals surface area contributed by atoms with Crippen molar-refractivity contribution in [3.05, 3.63) is 59.4 Å². The Morgan fingerprint density at radius 2 is 2.00 bits per heavy atom. The maximum absolute atomic E-state index is 13.8. The van der Waals surface area contributed by atoms with Crippen LogP contribution in [0.15, 0.2) is 42.5 Å². The van der Waals surface area contributed by atoms with Crippen LogP contribution in [0.1, 0.15) is 17.2 Å². The van der Waals surface area contributed by atoms with Crippen molar-refractivity contribution in [2.75, 3.05) is 27.2 Å². The summed E-state index contributed by atoms with van der Waals surface area (Å²) in [4.78, 5) is 2.10. The lowest BCUT2D eigenvalue weighted by molar-refractivity contribution is 0.0535. The van der Waals surface area contributed by atoms with E-state index in [0.29, 0.717) is 12.4 Å². The molecule has 0 amide bonds. The second kappa shape index (κ2) is 6.59. The van der Waals surface area contributed by atoms with Crippen molar-refractivity contribution in [1.82, 2.24) is 4.90 Å². The Labute approximate surface area is 136 Å².